The van der Waals surface area contributed by atoms with Gasteiger partial charge in [0.25, 0.3) is 0 Å². The zero-order chi connectivity index (χ0) is 12.4. The lowest BCUT2D eigenvalue weighted by atomic mass is 10.1. The number of nitrogens with one attached hydrogen (secondary N) is 1. The normalized spacial score (nSPS) is 24.7. The van der Waals surface area contributed by atoms with Crippen LogP contribution in [0.3, 0.4) is 0 Å². The molecule has 0 spiro atoms. The fourth-order valence-electron chi connectivity index (χ4n) is 2.08. The fraction of sp³-hybridized carbons (Fsp3) is 0.538. The molecule has 1 fully saturated rings. The molecule has 2 rings (SSSR count). The van der Waals surface area contributed by atoms with Crippen LogP contribution in [0.25, 0.3) is 0 Å². The van der Waals surface area contributed by atoms with Crippen LogP contribution < -0.4 is 11.1 Å². The summed E-state index contributed by atoms with van der Waals surface area (Å²) < 4.78 is 14.1. The van der Waals surface area contributed by atoms with Gasteiger partial charge in [-0.15, -0.1) is 0 Å². The van der Waals surface area contributed by atoms with Gasteiger partial charge in [0.15, 0.2) is 0 Å². The van der Waals surface area contributed by atoms with Gasteiger partial charge in [-0.1, -0.05) is 22.9 Å². The van der Waals surface area contributed by atoms with Crippen LogP contribution in [-0.4, -0.2) is 13.1 Å². The van der Waals surface area contributed by atoms with E-state index in [9.17, 15) is 4.39 Å². The Balaban J connectivity index is 2.03. The predicted molar refractivity (Wildman–Crippen MR) is 71.2 cm³/mol. The Bertz CT molecular complexity index is 397. The Morgan fingerprint density at radius 1 is 1.59 bits per heavy atom. The summed E-state index contributed by atoms with van der Waals surface area (Å²) in [6, 6.07) is 4.75. The molecule has 17 heavy (non-hydrogen) atoms. The predicted octanol–water partition coefficient (Wildman–Crippen LogP) is 2.83. The molecule has 4 heteroatoms. The van der Waals surface area contributed by atoms with E-state index < -0.39 is 0 Å². The first-order valence-electron chi connectivity index (χ1n) is 6.00. The van der Waals surface area contributed by atoms with Gasteiger partial charge in [-0.2, -0.15) is 0 Å². The van der Waals surface area contributed by atoms with E-state index in [1.54, 1.807) is 12.1 Å². The molecule has 0 aliphatic heterocycles. The highest BCUT2D eigenvalue weighted by molar-refractivity contribution is 9.10. The van der Waals surface area contributed by atoms with Crippen LogP contribution >= 0.6 is 15.9 Å². The number of halogens is 2. The van der Waals surface area contributed by atoms with E-state index in [0.717, 1.165) is 28.4 Å². The Kier molecular flexibility index (Phi) is 4.17. The summed E-state index contributed by atoms with van der Waals surface area (Å²) in [4.78, 5) is 0. The number of hydrogen-bond donors (Lipinski definition) is 2. The van der Waals surface area contributed by atoms with Gasteiger partial charge in [0.1, 0.15) is 5.82 Å². The molecule has 0 aromatic heterocycles. The van der Waals surface area contributed by atoms with Crippen LogP contribution in [-0.2, 0) is 0 Å². The maximum atomic E-state index is 13.2. The van der Waals surface area contributed by atoms with Gasteiger partial charge in [-0.05, 0) is 48.6 Å². The molecule has 3 atom stereocenters. The summed E-state index contributed by atoms with van der Waals surface area (Å²) in [7, 11) is 0. The molecule has 0 amide bonds. The van der Waals surface area contributed by atoms with Crippen LogP contribution in [0.2, 0.25) is 0 Å². The number of rotatable bonds is 5. The number of benzene rings is 1. The SMILES string of the molecule is CC1CC1CNC(CN)c1cc(F)ccc1Br. The van der Waals surface area contributed by atoms with E-state index in [1.807, 2.05) is 0 Å². The van der Waals surface area contributed by atoms with E-state index in [-0.39, 0.29) is 11.9 Å². The molecule has 3 N–H and O–H groups in total. The highest BCUT2D eigenvalue weighted by atomic mass is 79.9. The Morgan fingerprint density at radius 3 is 2.88 bits per heavy atom. The minimum absolute atomic E-state index is 0.0212. The minimum Gasteiger partial charge on any atom is -0.329 e. The summed E-state index contributed by atoms with van der Waals surface area (Å²) in [5.74, 6) is 1.36. The monoisotopic (exact) mass is 300 g/mol. The third-order valence-electron chi connectivity index (χ3n) is 3.47. The van der Waals surface area contributed by atoms with Crippen molar-refractivity contribution in [1.82, 2.24) is 5.32 Å². The second kappa shape index (κ2) is 5.46. The summed E-state index contributed by atoms with van der Waals surface area (Å²) in [5.41, 5.74) is 6.66. The third-order valence-corrected chi connectivity index (χ3v) is 4.19. The Hall–Kier alpha value is -0.450. The summed E-state index contributed by atoms with van der Waals surface area (Å²) in [6.45, 7) is 3.69. The van der Waals surface area contributed by atoms with E-state index in [4.69, 9.17) is 5.73 Å². The first-order valence-corrected chi connectivity index (χ1v) is 6.79. The van der Waals surface area contributed by atoms with Gasteiger partial charge in [-0.3, -0.25) is 0 Å². The van der Waals surface area contributed by atoms with E-state index >= 15 is 0 Å². The van der Waals surface area contributed by atoms with Crippen LogP contribution in [0, 0.1) is 17.7 Å². The topological polar surface area (TPSA) is 38.0 Å². The van der Waals surface area contributed by atoms with Crippen LogP contribution in [0.1, 0.15) is 24.9 Å². The van der Waals surface area contributed by atoms with Crippen LogP contribution in [0.5, 0.6) is 0 Å². The maximum absolute atomic E-state index is 13.2. The maximum Gasteiger partial charge on any atom is 0.123 e. The largest absolute Gasteiger partial charge is 0.329 e. The van der Waals surface area contributed by atoms with Gasteiger partial charge in [0.05, 0.1) is 0 Å². The summed E-state index contributed by atoms with van der Waals surface area (Å²) in [6.07, 6.45) is 1.29. The van der Waals surface area contributed by atoms with Crippen molar-refractivity contribution in [1.29, 1.82) is 0 Å². The molecule has 1 aromatic rings. The molecular weight excluding hydrogens is 283 g/mol. The Labute approximate surface area is 110 Å². The molecule has 1 saturated carbocycles. The summed E-state index contributed by atoms with van der Waals surface area (Å²) >= 11 is 3.44. The van der Waals surface area contributed by atoms with E-state index in [0.29, 0.717) is 6.54 Å². The number of nitrogens with two attached hydrogens (primary N) is 1. The lowest BCUT2D eigenvalue weighted by Crippen LogP contribution is -2.30. The zero-order valence-electron chi connectivity index (χ0n) is 9.92. The van der Waals surface area contributed by atoms with Crippen molar-refractivity contribution in [2.45, 2.75) is 19.4 Å². The highest BCUT2D eigenvalue weighted by Crippen LogP contribution is 2.37. The highest BCUT2D eigenvalue weighted by Gasteiger charge is 2.32. The zero-order valence-corrected chi connectivity index (χ0v) is 11.5. The average Bonchev–Trinajstić information content (AvgIpc) is 3.00. The van der Waals surface area contributed by atoms with Crippen molar-refractivity contribution >= 4 is 15.9 Å². The lowest BCUT2D eigenvalue weighted by Gasteiger charge is -2.18. The van der Waals surface area contributed by atoms with E-state index in [2.05, 4.69) is 28.2 Å². The lowest BCUT2D eigenvalue weighted by molar-refractivity contribution is 0.506. The molecule has 0 bridgehead atoms. The van der Waals surface area contributed by atoms with Gasteiger partial charge >= 0.3 is 0 Å². The molecule has 1 aromatic carbocycles. The molecule has 0 saturated heterocycles. The van der Waals surface area contributed by atoms with Crippen molar-refractivity contribution < 1.29 is 4.39 Å². The molecule has 94 valence electrons. The van der Waals surface area contributed by atoms with Crippen molar-refractivity contribution in [3.63, 3.8) is 0 Å². The van der Waals surface area contributed by atoms with Crippen LogP contribution in [0.4, 0.5) is 4.39 Å². The third kappa shape index (κ3) is 3.27. The van der Waals surface area contributed by atoms with Gasteiger partial charge in [-0.25, -0.2) is 4.39 Å². The van der Waals surface area contributed by atoms with Gasteiger partial charge < -0.3 is 11.1 Å². The molecule has 0 radical (unpaired) electrons. The molecule has 1 aliphatic rings. The van der Waals surface area contributed by atoms with Crippen LogP contribution in [0.15, 0.2) is 22.7 Å². The molecule has 0 heterocycles. The molecule has 3 unspecified atom stereocenters. The van der Waals surface area contributed by atoms with Crippen molar-refractivity contribution in [2.24, 2.45) is 17.6 Å². The fourth-order valence-corrected chi connectivity index (χ4v) is 2.60. The van der Waals surface area contributed by atoms with Crippen molar-refractivity contribution in [3.05, 3.63) is 34.1 Å². The Morgan fingerprint density at radius 2 is 2.29 bits per heavy atom. The first-order chi connectivity index (χ1) is 8.11. The van der Waals surface area contributed by atoms with Gasteiger partial charge in [0.2, 0.25) is 0 Å². The smallest absolute Gasteiger partial charge is 0.123 e. The van der Waals surface area contributed by atoms with Gasteiger partial charge in [0, 0.05) is 17.1 Å². The van der Waals surface area contributed by atoms with Crippen molar-refractivity contribution in [2.75, 3.05) is 13.1 Å². The molecule has 1 aliphatic carbocycles. The summed E-state index contributed by atoms with van der Waals surface area (Å²) in [5, 5.41) is 3.42. The first kappa shape index (κ1) is 13.0. The van der Waals surface area contributed by atoms with Crippen molar-refractivity contribution in [3.8, 4) is 0 Å². The molecule has 2 nitrogen and oxygen atoms in total. The quantitative estimate of drug-likeness (QED) is 0.877. The standard InChI is InChI=1S/C13H18BrFN2/c1-8-4-9(8)7-17-13(6-16)11-5-10(15)2-3-12(11)14/h2-3,5,8-9,13,17H,4,6-7,16H2,1H3. The number of hydrogen-bond acceptors (Lipinski definition) is 2. The van der Waals surface area contributed by atoms with E-state index in [1.165, 1.54) is 12.5 Å². The average molecular weight is 301 g/mol. The second-order valence-corrected chi connectivity index (χ2v) is 5.69. The molecular formula is C13H18BrFN2. The minimum atomic E-state index is -0.219. The second-order valence-electron chi connectivity index (χ2n) is 4.84.